The Morgan fingerprint density at radius 1 is 1.35 bits per heavy atom. The standard InChI is InChI=1S/C14H14BrCl2N3O5S/c1-20(4-2-3-18)12(21)8-25-13(22)7-19-26(23,24)14-10(16)5-9(15)6-11(14)17/h5-6,19H,2,4,7-8H2,1H3. The molecule has 0 radical (unpaired) electrons. The van der Waals surface area contributed by atoms with Gasteiger partial charge in [0, 0.05) is 18.1 Å². The highest BCUT2D eigenvalue weighted by molar-refractivity contribution is 9.10. The van der Waals surface area contributed by atoms with Crippen LogP contribution in [0.15, 0.2) is 21.5 Å². The molecule has 0 saturated carbocycles. The van der Waals surface area contributed by atoms with E-state index in [4.69, 9.17) is 33.2 Å². The lowest BCUT2D eigenvalue weighted by Crippen LogP contribution is -2.35. The van der Waals surface area contributed by atoms with Crippen molar-refractivity contribution in [3.8, 4) is 6.07 Å². The highest BCUT2D eigenvalue weighted by atomic mass is 79.9. The van der Waals surface area contributed by atoms with E-state index in [1.54, 1.807) is 0 Å². The van der Waals surface area contributed by atoms with Crippen LogP contribution in [0.4, 0.5) is 0 Å². The van der Waals surface area contributed by atoms with Gasteiger partial charge in [0.2, 0.25) is 10.0 Å². The molecule has 1 rings (SSSR count). The summed E-state index contributed by atoms with van der Waals surface area (Å²) in [4.78, 5) is 24.2. The van der Waals surface area contributed by atoms with E-state index >= 15 is 0 Å². The highest BCUT2D eigenvalue weighted by Crippen LogP contribution is 2.32. The number of nitrogens with one attached hydrogen (secondary N) is 1. The van der Waals surface area contributed by atoms with E-state index < -0.39 is 35.1 Å². The van der Waals surface area contributed by atoms with E-state index in [1.807, 2.05) is 10.8 Å². The van der Waals surface area contributed by atoms with Crippen LogP contribution in [0.25, 0.3) is 0 Å². The van der Waals surface area contributed by atoms with Gasteiger partial charge in [0.25, 0.3) is 5.91 Å². The van der Waals surface area contributed by atoms with Gasteiger partial charge in [-0.15, -0.1) is 0 Å². The van der Waals surface area contributed by atoms with Gasteiger partial charge in [0.1, 0.15) is 11.4 Å². The minimum atomic E-state index is -4.17. The molecule has 1 N–H and O–H groups in total. The van der Waals surface area contributed by atoms with Gasteiger partial charge in [-0.2, -0.15) is 9.98 Å². The van der Waals surface area contributed by atoms with Crippen LogP contribution in [0.2, 0.25) is 10.0 Å². The van der Waals surface area contributed by atoms with Crippen molar-refractivity contribution < 1.29 is 22.7 Å². The number of sulfonamides is 1. The minimum absolute atomic E-state index is 0.125. The monoisotopic (exact) mass is 485 g/mol. The molecule has 0 unspecified atom stereocenters. The van der Waals surface area contributed by atoms with Crippen LogP contribution in [-0.4, -0.2) is 51.9 Å². The summed E-state index contributed by atoms with van der Waals surface area (Å²) in [6.45, 7) is -1.08. The first-order valence-corrected chi connectivity index (χ1v) is 10.0. The van der Waals surface area contributed by atoms with Crippen LogP contribution in [0.3, 0.4) is 0 Å². The normalized spacial score (nSPS) is 10.9. The number of amides is 1. The zero-order chi connectivity index (χ0) is 19.9. The first-order chi connectivity index (χ1) is 12.1. The van der Waals surface area contributed by atoms with Crippen molar-refractivity contribution in [1.29, 1.82) is 5.26 Å². The maximum atomic E-state index is 12.2. The molecule has 0 aliphatic heterocycles. The van der Waals surface area contributed by atoms with Gasteiger partial charge in [-0.05, 0) is 12.1 Å². The number of nitriles is 1. The molecule has 1 aromatic rings. The zero-order valence-electron chi connectivity index (χ0n) is 13.5. The Kier molecular flexibility index (Phi) is 8.79. The summed E-state index contributed by atoms with van der Waals surface area (Å²) >= 11 is 14.9. The molecule has 0 atom stereocenters. The molecule has 0 aliphatic rings. The summed E-state index contributed by atoms with van der Waals surface area (Å²) in [5.74, 6) is -1.48. The average molecular weight is 487 g/mol. The van der Waals surface area contributed by atoms with E-state index in [0.29, 0.717) is 4.47 Å². The molecule has 1 aromatic carbocycles. The molecule has 1 amide bonds. The molecule has 0 spiro atoms. The number of hydrogen-bond acceptors (Lipinski definition) is 6. The number of halogens is 3. The van der Waals surface area contributed by atoms with Gasteiger partial charge in [0.05, 0.1) is 22.5 Å². The molecule has 0 aliphatic carbocycles. The Balaban J connectivity index is 2.62. The minimum Gasteiger partial charge on any atom is -0.455 e. The number of rotatable bonds is 8. The predicted molar refractivity (Wildman–Crippen MR) is 98.2 cm³/mol. The molecule has 0 bridgehead atoms. The molecule has 142 valence electrons. The predicted octanol–water partition coefficient (Wildman–Crippen LogP) is 1.95. The number of nitrogens with zero attached hydrogens (tertiary/aromatic N) is 2. The van der Waals surface area contributed by atoms with Crippen molar-refractivity contribution in [3.05, 3.63) is 26.7 Å². The first-order valence-electron chi connectivity index (χ1n) is 6.99. The van der Waals surface area contributed by atoms with Crippen LogP contribution >= 0.6 is 39.1 Å². The Bertz CT molecular complexity index is 818. The summed E-state index contributed by atoms with van der Waals surface area (Å²) < 4.78 is 31.7. The second-order valence-corrected chi connectivity index (χ2v) is 8.34. The largest absolute Gasteiger partial charge is 0.455 e. The molecule has 12 heteroatoms. The van der Waals surface area contributed by atoms with Crippen LogP contribution < -0.4 is 4.72 Å². The Hall–Kier alpha value is -1.38. The van der Waals surface area contributed by atoms with Crippen LogP contribution in [-0.2, 0) is 24.3 Å². The molecule has 0 saturated heterocycles. The summed E-state index contributed by atoms with van der Waals surface area (Å²) in [5, 5.41) is 8.20. The summed E-state index contributed by atoms with van der Waals surface area (Å²) in [6, 6.07) is 4.57. The van der Waals surface area contributed by atoms with Crippen molar-refractivity contribution >= 4 is 61.0 Å². The van der Waals surface area contributed by atoms with Gasteiger partial charge in [-0.25, -0.2) is 8.42 Å². The molecular weight excluding hydrogens is 473 g/mol. The number of carbonyl (C=O) groups is 2. The number of esters is 1. The summed E-state index contributed by atoms with van der Waals surface area (Å²) in [6.07, 6.45) is 0.144. The van der Waals surface area contributed by atoms with Gasteiger partial charge in [-0.1, -0.05) is 39.1 Å². The third-order valence-electron chi connectivity index (χ3n) is 2.98. The van der Waals surface area contributed by atoms with E-state index in [9.17, 15) is 18.0 Å². The molecule has 8 nitrogen and oxygen atoms in total. The maximum Gasteiger partial charge on any atom is 0.321 e. The van der Waals surface area contributed by atoms with Gasteiger partial charge >= 0.3 is 5.97 Å². The molecular formula is C14H14BrCl2N3O5S. The highest BCUT2D eigenvalue weighted by Gasteiger charge is 2.23. The van der Waals surface area contributed by atoms with Crippen LogP contribution in [0, 0.1) is 11.3 Å². The number of hydrogen-bond donors (Lipinski definition) is 1. The smallest absolute Gasteiger partial charge is 0.321 e. The van der Waals surface area contributed by atoms with E-state index in [1.165, 1.54) is 24.1 Å². The molecule has 26 heavy (non-hydrogen) atoms. The second-order valence-electron chi connectivity index (χ2n) is 4.91. The number of benzene rings is 1. The van der Waals surface area contributed by atoms with Crippen molar-refractivity contribution in [3.63, 3.8) is 0 Å². The fourth-order valence-corrected chi connectivity index (χ4v) is 4.56. The fourth-order valence-electron chi connectivity index (χ4n) is 1.66. The summed E-state index contributed by atoms with van der Waals surface area (Å²) in [5.41, 5.74) is 0. The van der Waals surface area contributed by atoms with E-state index in [2.05, 4.69) is 15.9 Å². The number of likely N-dealkylation sites (N-methyl/N-ethyl adjacent to an activating group) is 1. The number of carbonyl (C=O) groups excluding carboxylic acids is 2. The summed E-state index contributed by atoms with van der Waals surface area (Å²) in [7, 11) is -2.72. The second kappa shape index (κ2) is 10.1. The lowest BCUT2D eigenvalue weighted by molar-refractivity contribution is -0.150. The lowest BCUT2D eigenvalue weighted by atomic mass is 10.4. The molecule has 0 heterocycles. The topological polar surface area (TPSA) is 117 Å². The first kappa shape index (κ1) is 22.7. The van der Waals surface area contributed by atoms with Crippen molar-refractivity contribution in [2.24, 2.45) is 0 Å². The molecule has 0 aromatic heterocycles. The third kappa shape index (κ3) is 6.74. The van der Waals surface area contributed by atoms with Gasteiger partial charge in [-0.3, -0.25) is 9.59 Å². The van der Waals surface area contributed by atoms with Gasteiger partial charge in [0.15, 0.2) is 6.61 Å². The van der Waals surface area contributed by atoms with Crippen molar-refractivity contribution in [2.45, 2.75) is 11.3 Å². The SMILES string of the molecule is CN(CCC#N)C(=O)COC(=O)CNS(=O)(=O)c1c(Cl)cc(Br)cc1Cl. The lowest BCUT2D eigenvalue weighted by Gasteiger charge is -2.15. The maximum absolute atomic E-state index is 12.2. The van der Waals surface area contributed by atoms with Crippen LogP contribution in [0.1, 0.15) is 6.42 Å². The Labute approximate surface area is 169 Å². The quantitative estimate of drug-likeness (QED) is 0.561. The molecule has 0 fully saturated rings. The average Bonchev–Trinajstić information content (AvgIpc) is 2.54. The van der Waals surface area contributed by atoms with Crippen molar-refractivity contribution in [1.82, 2.24) is 9.62 Å². The van der Waals surface area contributed by atoms with Crippen molar-refractivity contribution in [2.75, 3.05) is 26.7 Å². The van der Waals surface area contributed by atoms with Gasteiger partial charge < -0.3 is 9.64 Å². The third-order valence-corrected chi connectivity index (χ3v) is 5.76. The fraction of sp³-hybridized carbons (Fsp3) is 0.357. The Morgan fingerprint density at radius 2 is 1.92 bits per heavy atom. The number of ether oxygens (including phenoxy) is 1. The Morgan fingerprint density at radius 3 is 2.46 bits per heavy atom. The zero-order valence-corrected chi connectivity index (χ0v) is 17.4. The van der Waals surface area contributed by atoms with Crippen LogP contribution in [0.5, 0.6) is 0 Å². The van der Waals surface area contributed by atoms with E-state index in [0.717, 1.165) is 0 Å². The van der Waals surface area contributed by atoms with E-state index in [-0.39, 0.29) is 27.9 Å².